The molecule has 0 bridgehead atoms. The van der Waals surface area contributed by atoms with Gasteiger partial charge in [-0.25, -0.2) is 0 Å². The van der Waals surface area contributed by atoms with Crippen molar-refractivity contribution in [1.82, 2.24) is 9.80 Å². The van der Waals surface area contributed by atoms with Crippen molar-refractivity contribution in [3.63, 3.8) is 0 Å². The van der Waals surface area contributed by atoms with E-state index in [1.54, 1.807) is 4.90 Å². The first-order chi connectivity index (χ1) is 9.31. The van der Waals surface area contributed by atoms with Crippen LogP contribution in [0.3, 0.4) is 0 Å². The Morgan fingerprint density at radius 2 is 1.75 bits per heavy atom. The molecule has 5 nitrogen and oxygen atoms in total. The highest BCUT2D eigenvalue weighted by molar-refractivity contribution is 5.80. The molecule has 0 aromatic heterocycles. The largest absolute Gasteiger partial charge is 0.480 e. The average Bonchev–Trinajstić information content (AvgIpc) is 2.74. The highest BCUT2D eigenvalue weighted by Crippen LogP contribution is 2.17. The fraction of sp³-hybridized carbons (Fsp3) is 0.867. The lowest BCUT2D eigenvalue weighted by atomic mass is 10.1. The Morgan fingerprint density at radius 1 is 1.20 bits per heavy atom. The Kier molecular flexibility index (Phi) is 6.46. The topological polar surface area (TPSA) is 60.9 Å². The first kappa shape index (κ1) is 17.0. The Bertz CT molecular complexity index is 332. The molecule has 1 N–H and O–H groups in total. The molecule has 5 heteroatoms. The van der Waals surface area contributed by atoms with Gasteiger partial charge in [-0.3, -0.25) is 14.5 Å². The lowest BCUT2D eigenvalue weighted by Gasteiger charge is -2.29. The molecular formula is C15H28N2O3. The summed E-state index contributed by atoms with van der Waals surface area (Å²) in [5.74, 6) is 0.0909. The molecule has 1 atom stereocenters. The van der Waals surface area contributed by atoms with E-state index in [9.17, 15) is 9.59 Å². The van der Waals surface area contributed by atoms with E-state index in [1.807, 2.05) is 4.90 Å². The number of rotatable bonds is 7. The van der Waals surface area contributed by atoms with Gasteiger partial charge in [0.25, 0.3) is 0 Å². The van der Waals surface area contributed by atoms with Gasteiger partial charge in [-0.2, -0.15) is 0 Å². The number of nitrogens with zero attached hydrogens (tertiary/aromatic N) is 2. The quantitative estimate of drug-likeness (QED) is 0.772. The SMILES string of the molecule is CC(C)CN(CC(C)C)C(=O)CN1CCC[C@H]1C(=O)O. The van der Waals surface area contributed by atoms with Crippen molar-refractivity contribution in [3.05, 3.63) is 0 Å². The summed E-state index contributed by atoms with van der Waals surface area (Å²) in [4.78, 5) is 27.3. The van der Waals surface area contributed by atoms with Crippen molar-refractivity contribution in [3.8, 4) is 0 Å². The molecule has 116 valence electrons. The number of aliphatic carboxylic acids is 1. The smallest absolute Gasteiger partial charge is 0.320 e. The van der Waals surface area contributed by atoms with Crippen LogP contribution in [0.25, 0.3) is 0 Å². The van der Waals surface area contributed by atoms with E-state index in [4.69, 9.17) is 5.11 Å². The second kappa shape index (κ2) is 7.62. The second-order valence-corrected chi connectivity index (χ2v) is 6.55. The van der Waals surface area contributed by atoms with Gasteiger partial charge < -0.3 is 10.0 Å². The van der Waals surface area contributed by atoms with Crippen LogP contribution >= 0.6 is 0 Å². The lowest BCUT2D eigenvalue weighted by Crippen LogP contribution is -2.46. The van der Waals surface area contributed by atoms with Gasteiger partial charge in [0.15, 0.2) is 0 Å². The van der Waals surface area contributed by atoms with E-state index in [-0.39, 0.29) is 12.5 Å². The summed E-state index contributed by atoms with van der Waals surface area (Å²) in [6.07, 6.45) is 1.51. The second-order valence-electron chi connectivity index (χ2n) is 6.55. The zero-order chi connectivity index (χ0) is 15.3. The van der Waals surface area contributed by atoms with Crippen LogP contribution in [-0.4, -0.2) is 59.0 Å². The van der Waals surface area contributed by atoms with Crippen molar-refractivity contribution in [2.75, 3.05) is 26.2 Å². The molecule has 0 aromatic carbocycles. The molecule has 1 saturated heterocycles. The van der Waals surface area contributed by atoms with Gasteiger partial charge in [-0.1, -0.05) is 27.7 Å². The van der Waals surface area contributed by atoms with E-state index in [1.165, 1.54) is 0 Å². The summed E-state index contributed by atoms with van der Waals surface area (Å²) in [5, 5.41) is 9.16. The third-order valence-corrected chi connectivity index (χ3v) is 3.51. The number of likely N-dealkylation sites (tertiary alicyclic amines) is 1. The molecule has 0 unspecified atom stereocenters. The van der Waals surface area contributed by atoms with Gasteiger partial charge in [0.1, 0.15) is 6.04 Å². The third-order valence-electron chi connectivity index (χ3n) is 3.51. The fourth-order valence-electron chi connectivity index (χ4n) is 2.73. The molecule has 1 heterocycles. The van der Waals surface area contributed by atoms with Crippen molar-refractivity contribution >= 4 is 11.9 Å². The monoisotopic (exact) mass is 284 g/mol. The Morgan fingerprint density at radius 3 is 2.20 bits per heavy atom. The normalized spacial score (nSPS) is 19.8. The lowest BCUT2D eigenvalue weighted by molar-refractivity contribution is -0.143. The van der Waals surface area contributed by atoms with Crippen LogP contribution < -0.4 is 0 Å². The molecule has 1 amide bonds. The van der Waals surface area contributed by atoms with Gasteiger partial charge in [-0.15, -0.1) is 0 Å². The molecule has 1 aliphatic rings. The summed E-state index contributed by atoms with van der Waals surface area (Å²) < 4.78 is 0. The van der Waals surface area contributed by atoms with Crippen LogP contribution in [-0.2, 0) is 9.59 Å². The first-order valence-electron chi connectivity index (χ1n) is 7.55. The van der Waals surface area contributed by atoms with E-state index < -0.39 is 12.0 Å². The highest BCUT2D eigenvalue weighted by Gasteiger charge is 2.32. The Balaban J connectivity index is 2.62. The number of carbonyl (C=O) groups is 2. The van der Waals surface area contributed by atoms with Crippen molar-refractivity contribution < 1.29 is 14.7 Å². The van der Waals surface area contributed by atoms with Crippen LogP contribution in [0, 0.1) is 11.8 Å². The van der Waals surface area contributed by atoms with Crippen LogP contribution in [0.4, 0.5) is 0 Å². The Labute approximate surface area is 121 Å². The van der Waals surface area contributed by atoms with Crippen LogP contribution in [0.1, 0.15) is 40.5 Å². The van der Waals surface area contributed by atoms with Gasteiger partial charge in [0, 0.05) is 13.1 Å². The summed E-state index contributed by atoms with van der Waals surface area (Å²) in [6.45, 7) is 10.8. The summed E-state index contributed by atoms with van der Waals surface area (Å²) in [5.41, 5.74) is 0. The van der Waals surface area contributed by atoms with Gasteiger partial charge in [-0.05, 0) is 31.2 Å². The molecule has 20 heavy (non-hydrogen) atoms. The minimum Gasteiger partial charge on any atom is -0.480 e. The summed E-state index contributed by atoms with van der Waals surface area (Å²) in [6, 6.07) is -0.487. The Hall–Kier alpha value is -1.10. The molecular weight excluding hydrogens is 256 g/mol. The van der Waals surface area contributed by atoms with Gasteiger partial charge in [0.2, 0.25) is 5.91 Å². The first-order valence-corrected chi connectivity index (χ1v) is 7.55. The van der Waals surface area contributed by atoms with E-state index in [0.29, 0.717) is 24.8 Å². The number of hydrogen-bond donors (Lipinski definition) is 1. The maximum Gasteiger partial charge on any atom is 0.320 e. The molecule has 1 aliphatic heterocycles. The van der Waals surface area contributed by atoms with Crippen LogP contribution in [0.5, 0.6) is 0 Å². The van der Waals surface area contributed by atoms with Crippen molar-refractivity contribution in [1.29, 1.82) is 0 Å². The molecule has 1 fully saturated rings. The zero-order valence-corrected chi connectivity index (χ0v) is 13.1. The van der Waals surface area contributed by atoms with E-state index >= 15 is 0 Å². The van der Waals surface area contributed by atoms with Crippen molar-refractivity contribution in [2.24, 2.45) is 11.8 Å². The van der Waals surface area contributed by atoms with Gasteiger partial charge in [0.05, 0.1) is 6.54 Å². The minimum atomic E-state index is -0.811. The predicted octanol–water partition coefficient (Wildman–Crippen LogP) is 1.68. The van der Waals surface area contributed by atoms with Gasteiger partial charge >= 0.3 is 5.97 Å². The molecule has 0 spiro atoms. The molecule has 0 aliphatic carbocycles. The van der Waals surface area contributed by atoms with Crippen LogP contribution in [0.2, 0.25) is 0 Å². The third kappa shape index (κ3) is 5.12. The standard InChI is InChI=1S/C15H28N2O3/c1-11(2)8-17(9-12(3)4)14(18)10-16-7-5-6-13(16)15(19)20/h11-13H,5-10H2,1-4H3,(H,19,20)/t13-/m0/s1. The maximum absolute atomic E-state index is 12.4. The zero-order valence-electron chi connectivity index (χ0n) is 13.1. The van der Waals surface area contributed by atoms with Crippen molar-refractivity contribution in [2.45, 2.75) is 46.6 Å². The summed E-state index contributed by atoms with van der Waals surface area (Å²) in [7, 11) is 0. The number of carbonyl (C=O) groups excluding carboxylic acids is 1. The number of hydrogen-bond acceptors (Lipinski definition) is 3. The molecule has 0 radical (unpaired) electrons. The number of carboxylic acid groups (broad SMARTS) is 1. The maximum atomic E-state index is 12.4. The molecule has 0 aromatic rings. The number of carboxylic acids is 1. The van der Waals surface area contributed by atoms with E-state index in [2.05, 4.69) is 27.7 Å². The predicted molar refractivity (Wildman–Crippen MR) is 78.5 cm³/mol. The van der Waals surface area contributed by atoms with Crippen LogP contribution in [0.15, 0.2) is 0 Å². The molecule has 1 rings (SSSR count). The minimum absolute atomic E-state index is 0.0561. The molecule has 0 saturated carbocycles. The highest BCUT2D eigenvalue weighted by atomic mass is 16.4. The van der Waals surface area contributed by atoms with E-state index in [0.717, 1.165) is 19.5 Å². The average molecular weight is 284 g/mol. The fourth-order valence-corrected chi connectivity index (χ4v) is 2.73. The number of amides is 1. The summed E-state index contributed by atoms with van der Waals surface area (Å²) >= 11 is 0.